The second-order valence-electron chi connectivity index (χ2n) is 5.12. The van der Waals surface area contributed by atoms with Crippen LogP contribution in [0.5, 0.6) is 0 Å². The van der Waals surface area contributed by atoms with Crippen LogP contribution < -0.4 is 10.6 Å². The van der Waals surface area contributed by atoms with Gasteiger partial charge in [0.2, 0.25) is 0 Å². The molecule has 1 aliphatic carbocycles. The van der Waals surface area contributed by atoms with Crippen LogP contribution in [-0.2, 0) is 6.54 Å². The molecule has 1 saturated carbocycles. The predicted molar refractivity (Wildman–Crippen MR) is 68.5 cm³/mol. The third kappa shape index (κ3) is 3.06. The van der Waals surface area contributed by atoms with Gasteiger partial charge in [0.15, 0.2) is 0 Å². The molecular weight excluding hydrogens is 196 g/mol. The molecule has 16 heavy (non-hydrogen) atoms. The normalized spacial score (nSPS) is 17.4. The molecule has 0 bridgehead atoms. The molecule has 88 valence electrons. The first-order chi connectivity index (χ1) is 7.74. The van der Waals surface area contributed by atoms with Gasteiger partial charge in [-0.1, -0.05) is 29.8 Å². The lowest BCUT2D eigenvalue weighted by Gasteiger charge is -2.15. The molecule has 2 nitrogen and oxygen atoms in total. The smallest absolute Gasteiger partial charge is 0.0205 e. The molecule has 0 unspecified atom stereocenters. The molecule has 0 aromatic heterocycles. The van der Waals surface area contributed by atoms with E-state index in [0.717, 1.165) is 19.6 Å². The Morgan fingerprint density at radius 1 is 1.25 bits per heavy atom. The van der Waals surface area contributed by atoms with Crippen LogP contribution in [0.1, 0.15) is 24.0 Å². The van der Waals surface area contributed by atoms with Crippen molar-refractivity contribution in [2.45, 2.75) is 26.3 Å². The molecule has 0 aliphatic heterocycles. The number of benzene rings is 1. The van der Waals surface area contributed by atoms with Gasteiger partial charge in [-0.05, 0) is 37.8 Å². The van der Waals surface area contributed by atoms with E-state index < -0.39 is 0 Å². The largest absolute Gasteiger partial charge is 0.319 e. The zero-order valence-electron chi connectivity index (χ0n) is 10.3. The molecule has 0 radical (unpaired) electrons. The fraction of sp³-hybridized carbons (Fsp3) is 0.571. The summed E-state index contributed by atoms with van der Waals surface area (Å²) in [5.41, 5.74) is 3.29. The first kappa shape index (κ1) is 11.6. The molecule has 1 aromatic rings. The predicted octanol–water partition coefficient (Wildman–Crippen LogP) is 2.08. The molecule has 1 fully saturated rings. The van der Waals surface area contributed by atoms with Gasteiger partial charge in [0.1, 0.15) is 0 Å². The highest BCUT2D eigenvalue weighted by Crippen LogP contribution is 2.44. The molecule has 0 atom stereocenters. The summed E-state index contributed by atoms with van der Waals surface area (Å²) in [5.74, 6) is 0. The third-order valence-electron chi connectivity index (χ3n) is 3.42. The second kappa shape index (κ2) is 4.98. The van der Waals surface area contributed by atoms with Crippen molar-refractivity contribution in [1.82, 2.24) is 10.6 Å². The summed E-state index contributed by atoms with van der Waals surface area (Å²) in [6.07, 6.45) is 2.74. The zero-order valence-corrected chi connectivity index (χ0v) is 10.3. The summed E-state index contributed by atoms with van der Waals surface area (Å²) >= 11 is 0. The summed E-state index contributed by atoms with van der Waals surface area (Å²) in [6, 6.07) is 8.72. The highest BCUT2D eigenvalue weighted by molar-refractivity contribution is 5.22. The van der Waals surface area contributed by atoms with Crippen molar-refractivity contribution in [3.05, 3.63) is 35.4 Å². The van der Waals surface area contributed by atoms with Gasteiger partial charge in [0.25, 0.3) is 0 Å². The highest BCUT2D eigenvalue weighted by atomic mass is 14.9. The third-order valence-corrected chi connectivity index (χ3v) is 3.42. The van der Waals surface area contributed by atoms with E-state index >= 15 is 0 Å². The monoisotopic (exact) mass is 218 g/mol. The molecule has 0 amide bonds. The van der Waals surface area contributed by atoms with E-state index in [1.165, 1.54) is 24.0 Å². The first-order valence-electron chi connectivity index (χ1n) is 6.15. The van der Waals surface area contributed by atoms with Gasteiger partial charge in [0, 0.05) is 19.6 Å². The Bertz CT molecular complexity index is 342. The lowest BCUT2D eigenvalue weighted by molar-refractivity contribution is 0.438. The Kier molecular flexibility index (Phi) is 3.62. The lowest BCUT2D eigenvalue weighted by atomic mass is 10.1. The molecule has 1 aliphatic rings. The van der Waals surface area contributed by atoms with Gasteiger partial charge in [0.05, 0.1) is 0 Å². The van der Waals surface area contributed by atoms with Crippen LogP contribution in [0.3, 0.4) is 0 Å². The van der Waals surface area contributed by atoms with Gasteiger partial charge in [-0.25, -0.2) is 0 Å². The second-order valence-corrected chi connectivity index (χ2v) is 5.12. The lowest BCUT2D eigenvalue weighted by Crippen LogP contribution is -2.31. The maximum atomic E-state index is 3.58. The molecule has 1 aromatic carbocycles. The summed E-state index contributed by atoms with van der Waals surface area (Å²) in [5, 5.41) is 6.86. The molecule has 0 heterocycles. The SMILES string of the molecule is CNCC1(CNCc2cccc(C)c2)CC1. The van der Waals surface area contributed by atoms with Crippen LogP contribution in [0, 0.1) is 12.3 Å². The Hall–Kier alpha value is -0.860. The van der Waals surface area contributed by atoms with Crippen LogP contribution in [0.25, 0.3) is 0 Å². The standard InChI is InChI=1S/C14H22N2/c1-12-4-3-5-13(8-12)9-16-11-14(6-7-14)10-15-2/h3-5,8,15-16H,6-7,9-11H2,1-2H3. The van der Waals surface area contributed by atoms with Crippen molar-refractivity contribution in [2.75, 3.05) is 20.1 Å². The van der Waals surface area contributed by atoms with E-state index in [2.05, 4.69) is 41.8 Å². The molecular formula is C14H22N2. The molecule has 0 spiro atoms. The topological polar surface area (TPSA) is 24.1 Å². The fourth-order valence-corrected chi connectivity index (χ4v) is 2.26. The molecule has 0 saturated heterocycles. The fourth-order valence-electron chi connectivity index (χ4n) is 2.26. The van der Waals surface area contributed by atoms with Crippen LogP contribution >= 0.6 is 0 Å². The van der Waals surface area contributed by atoms with Crippen molar-refractivity contribution in [3.8, 4) is 0 Å². The average molecular weight is 218 g/mol. The van der Waals surface area contributed by atoms with Crippen molar-refractivity contribution >= 4 is 0 Å². The average Bonchev–Trinajstić information content (AvgIpc) is 2.99. The summed E-state index contributed by atoms with van der Waals surface area (Å²) in [6.45, 7) is 5.43. The van der Waals surface area contributed by atoms with E-state index in [1.54, 1.807) is 0 Å². The number of nitrogens with one attached hydrogen (secondary N) is 2. The van der Waals surface area contributed by atoms with Crippen LogP contribution in [-0.4, -0.2) is 20.1 Å². The van der Waals surface area contributed by atoms with E-state index in [0.29, 0.717) is 5.41 Å². The molecule has 2 heteroatoms. The maximum Gasteiger partial charge on any atom is 0.0205 e. The zero-order chi connectivity index (χ0) is 11.4. The van der Waals surface area contributed by atoms with Gasteiger partial charge < -0.3 is 10.6 Å². The van der Waals surface area contributed by atoms with Crippen LogP contribution in [0.2, 0.25) is 0 Å². The number of rotatable bonds is 6. The minimum atomic E-state index is 0.554. The van der Waals surface area contributed by atoms with Crippen molar-refractivity contribution in [2.24, 2.45) is 5.41 Å². The Balaban J connectivity index is 1.76. The minimum Gasteiger partial charge on any atom is -0.319 e. The Morgan fingerprint density at radius 3 is 2.69 bits per heavy atom. The van der Waals surface area contributed by atoms with Crippen molar-refractivity contribution in [3.63, 3.8) is 0 Å². The van der Waals surface area contributed by atoms with Gasteiger partial charge in [-0.15, -0.1) is 0 Å². The van der Waals surface area contributed by atoms with Gasteiger partial charge in [-0.3, -0.25) is 0 Å². The number of aryl methyl sites for hydroxylation is 1. The highest BCUT2D eigenvalue weighted by Gasteiger charge is 2.41. The summed E-state index contributed by atoms with van der Waals surface area (Å²) in [4.78, 5) is 0. The van der Waals surface area contributed by atoms with E-state index in [4.69, 9.17) is 0 Å². The van der Waals surface area contributed by atoms with E-state index in [1.807, 2.05) is 7.05 Å². The van der Waals surface area contributed by atoms with Crippen LogP contribution in [0.4, 0.5) is 0 Å². The van der Waals surface area contributed by atoms with Crippen molar-refractivity contribution < 1.29 is 0 Å². The summed E-state index contributed by atoms with van der Waals surface area (Å²) < 4.78 is 0. The molecule has 2 rings (SSSR count). The number of hydrogen-bond acceptors (Lipinski definition) is 2. The quantitative estimate of drug-likeness (QED) is 0.764. The Morgan fingerprint density at radius 2 is 2.06 bits per heavy atom. The van der Waals surface area contributed by atoms with Gasteiger partial charge >= 0.3 is 0 Å². The van der Waals surface area contributed by atoms with Crippen molar-refractivity contribution in [1.29, 1.82) is 0 Å². The van der Waals surface area contributed by atoms with E-state index in [9.17, 15) is 0 Å². The van der Waals surface area contributed by atoms with Gasteiger partial charge in [-0.2, -0.15) is 0 Å². The molecule has 2 N–H and O–H groups in total. The first-order valence-corrected chi connectivity index (χ1v) is 6.15. The minimum absolute atomic E-state index is 0.554. The van der Waals surface area contributed by atoms with Crippen LogP contribution in [0.15, 0.2) is 24.3 Å². The maximum absolute atomic E-state index is 3.58. The summed E-state index contributed by atoms with van der Waals surface area (Å²) in [7, 11) is 2.04. The Labute approximate surface area is 98.4 Å². The number of hydrogen-bond donors (Lipinski definition) is 2. The van der Waals surface area contributed by atoms with E-state index in [-0.39, 0.29) is 0 Å².